The molecule has 2 heterocycles. The number of hydrogen-bond donors (Lipinski definition) is 0. The summed E-state index contributed by atoms with van der Waals surface area (Å²) in [5, 5.41) is 0.910. The number of ether oxygens (including phenoxy) is 2. The van der Waals surface area contributed by atoms with Gasteiger partial charge in [-0.15, -0.1) is 11.8 Å². The lowest BCUT2D eigenvalue weighted by Crippen LogP contribution is -2.13. The third kappa shape index (κ3) is 2.88. The highest BCUT2D eigenvalue weighted by Crippen LogP contribution is 2.33. The molecule has 0 aliphatic carbocycles. The van der Waals surface area contributed by atoms with Gasteiger partial charge in [0.05, 0.1) is 11.6 Å². The van der Waals surface area contributed by atoms with Gasteiger partial charge in [0.1, 0.15) is 11.6 Å². The highest BCUT2D eigenvalue weighted by Gasteiger charge is 2.17. The number of nitrogens with zero attached hydrogens (tertiary/aromatic N) is 1. The zero-order valence-electron chi connectivity index (χ0n) is 10.1. The van der Waals surface area contributed by atoms with Crippen LogP contribution in [0.1, 0.15) is 11.1 Å². The topological polar surface area (TPSA) is 31.4 Å². The predicted octanol–water partition coefficient (Wildman–Crippen LogP) is 3.38. The number of halogens is 1. The molecular formula is C14H12FNO2S. The molecule has 0 saturated heterocycles. The van der Waals surface area contributed by atoms with Crippen molar-refractivity contribution in [2.45, 2.75) is 17.4 Å². The van der Waals surface area contributed by atoms with Crippen molar-refractivity contribution in [3.63, 3.8) is 0 Å². The molecule has 98 valence electrons. The summed E-state index contributed by atoms with van der Waals surface area (Å²) < 4.78 is 24.2. The van der Waals surface area contributed by atoms with Crippen molar-refractivity contribution in [2.24, 2.45) is 0 Å². The predicted molar refractivity (Wildman–Crippen MR) is 70.5 cm³/mol. The number of fused-ring (bicyclic) bond motifs is 1. The Kier molecular flexibility index (Phi) is 3.66. The molecule has 1 aromatic carbocycles. The fraction of sp³-hybridized carbons (Fsp3) is 0.214. The number of pyridine rings is 1. The molecule has 0 amide bonds. The van der Waals surface area contributed by atoms with Crippen LogP contribution in [0.2, 0.25) is 0 Å². The van der Waals surface area contributed by atoms with E-state index in [1.807, 2.05) is 18.2 Å². The Morgan fingerprint density at radius 3 is 3.11 bits per heavy atom. The number of aromatic nitrogens is 1. The summed E-state index contributed by atoms with van der Waals surface area (Å²) in [6.45, 7) is 0.619. The molecule has 19 heavy (non-hydrogen) atoms. The maximum atomic E-state index is 13.5. The van der Waals surface area contributed by atoms with Gasteiger partial charge in [-0.3, -0.25) is 0 Å². The smallest absolute Gasteiger partial charge is 0.189 e. The Balaban J connectivity index is 1.82. The van der Waals surface area contributed by atoms with E-state index in [-0.39, 0.29) is 12.6 Å². The summed E-state index contributed by atoms with van der Waals surface area (Å²) in [4.78, 5) is 4.23. The highest BCUT2D eigenvalue weighted by molar-refractivity contribution is 7.98. The van der Waals surface area contributed by atoms with E-state index >= 15 is 0 Å². The van der Waals surface area contributed by atoms with Crippen molar-refractivity contribution in [3.05, 3.63) is 53.5 Å². The lowest BCUT2D eigenvalue weighted by atomic mass is 10.1. The van der Waals surface area contributed by atoms with Gasteiger partial charge >= 0.3 is 0 Å². The second-order valence-electron chi connectivity index (χ2n) is 4.12. The second kappa shape index (κ2) is 5.59. The van der Waals surface area contributed by atoms with Crippen molar-refractivity contribution >= 4 is 11.8 Å². The van der Waals surface area contributed by atoms with Crippen LogP contribution in [0.4, 0.5) is 4.39 Å². The Bertz CT molecular complexity index is 577. The van der Waals surface area contributed by atoms with Crippen LogP contribution in [-0.4, -0.2) is 11.8 Å². The molecule has 1 aromatic heterocycles. The molecule has 0 atom stereocenters. The monoisotopic (exact) mass is 277 g/mol. The van der Waals surface area contributed by atoms with E-state index in [4.69, 9.17) is 9.47 Å². The summed E-state index contributed by atoms with van der Waals surface area (Å²) in [5.74, 6) is 1.11. The summed E-state index contributed by atoms with van der Waals surface area (Å²) in [5.41, 5.74) is 1.61. The van der Waals surface area contributed by atoms with Gasteiger partial charge in [0.2, 0.25) is 0 Å². The molecule has 1 aliphatic heterocycles. The number of hydrogen-bond acceptors (Lipinski definition) is 4. The minimum absolute atomic E-state index is 0.222. The van der Waals surface area contributed by atoms with Crippen molar-refractivity contribution in [1.29, 1.82) is 0 Å². The van der Waals surface area contributed by atoms with Crippen LogP contribution in [0.5, 0.6) is 5.75 Å². The molecule has 0 N–H and O–H groups in total. The van der Waals surface area contributed by atoms with E-state index in [9.17, 15) is 4.39 Å². The van der Waals surface area contributed by atoms with Crippen molar-refractivity contribution < 1.29 is 13.9 Å². The van der Waals surface area contributed by atoms with E-state index in [0.29, 0.717) is 12.4 Å². The van der Waals surface area contributed by atoms with Crippen LogP contribution < -0.4 is 4.74 Å². The third-order valence-electron chi connectivity index (χ3n) is 2.77. The summed E-state index contributed by atoms with van der Waals surface area (Å²) >= 11 is 1.56. The Hall–Kier alpha value is -1.59. The summed E-state index contributed by atoms with van der Waals surface area (Å²) in [7, 11) is 0. The normalized spacial score (nSPS) is 13.7. The maximum absolute atomic E-state index is 13.5. The quantitative estimate of drug-likeness (QED) is 0.805. The minimum atomic E-state index is -0.260. The molecule has 1 aliphatic rings. The molecule has 3 rings (SSSR count). The summed E-state index contributed by atoms with van der Waals surface area (Å²) in [6.07, 6.45) is 1.74. The first kappa shape index (κ1) is 12.4. The van der Waals surface area contributed by atoms with E-state index in [1.54, 1.807) is 18.0 Å². The Morgan fingerprint density at radius 1 is 1.32 bits per heavy atom. The number of rotatable bonds is 3. The van der Waals surface area contributed by atoms with Crippen LogP contribution >= 0.6 is 11.8 Å². The number of benzene rings is 1. The van der Waals surface area contributed by atoms with Crippen LogP contribution in [0.3, 0.4) is 0 Å². The largest absolute Gasteiger partial charge is 0.467 e. The van der Waals surface area contributed by atoms with Gasteiger partial charge in [-0.2, -0.15) is 0 Å². The molecule has 0 bridgehead atoms. The zero-order valence-corrected chi connectivity index (χ0v) is 11.0. The molecule has 2 aromatic rings. The van der Waals surface area contributed by atoms with Gasteiger partial charge in [0.15, 0.2) is 6.79 Å². The van der Waals surface area contributed by atoms with Crippen LogP contribution in [0.15, 0.2) is 41.6 Å². The van der Waals surface area contributed by atoms with Gasteiger partial charge in [-0.05, 0) is 24.3 Å². The van der Waals surface area contributed by atoms with E-state index in [2.05, 4.69) is 4.98 Å². The average Bonchev–Trinajstić information content (AvgIpc) is 2.45. The van der Waals surface area contributed by atoms with Crippen LogP contribution in [-0.2, 0) is 17.1 Å². The lowest BCUT2D eigenvalue weighted by molar-refractivity contribution is -0.0171. The van der Waals surface area contributed by atoms with Crippen molar-refractivity contribution in [3.8, 4) is 5.75 Å². The average molecular weight is 277 g/mol. The highest BCUT2D eigenvalue weighted by atomic mass is 32.2. The van der Waals surface area contributed by atoms with Gasteiger partial charge < -0.3 is 9.47 Å². The fourth-order valence-electron chi connectivity index (χ4n) is 1.95. The first-order chi connectivity index (χ1) is 9.33. The zero-order chi connectivity index (χ0) is 13.1. The van der Waals surface area contributed by atoms with Gasteiger partial charge in [0.25, 0.3) is 0 Å². The van der Waals surface area contributed by atoms with Gasteiger partial charge in [-0.25, -0.2) is 9.37 Å². The first-order valence-electron chi connectivity index (χ1n) is 5.88. The molecule has 0 unspecified atom stereocenters. The first-order valence-corrected chi connectivity index (χ1v) is 6.87. The molecule has 3 nitrogen and oxygen atoms in total. The number of thioether (sulfide) groups is 1. The van der Waals surface area contributed by atoms with E-state index in [0.717, 1.165) is 21.9 Å². The van der Waals surface area contributed by atoms with Crippen molar-refractivity contribution in [1.82, 2.24) is 4.98 Å². The molecule has 0 radical (unpaired) electrons. The van der Waals surface area contributed by atoms with E-state index < -0.39 is 0 Å². The fourth-order valence-corrected chi connectivity index (χ4v) is 2.78. The van der Waals surface area contributed by atoms with Gasteiger partial charge in [-0.1, -0.05) is 6.07 Å². The van der Waals surface area contributed by atoms with Crippen LogP contribution in [0, 0.1) is 5.82 Å². The molecule has 5 heteroatoms. The minimum Gasteiger partial charge on any atom is -0.467 e. The van der Waals surface area contributed by atoms with Crippen molar-refractivity contribution in [2.75, 3.05) is 6.79 Å². The standard InChI is InChI=1S/C14H12FNO2S/c15-12-5-10-7-17-9-18-14(10)11(6-12)8-19-13-3-1-2-4-16-13/h1-6H,7-9H2. The Morgan fingerprint density at radius 2 is 2.26 bits per heavy atom. The second-order valence-corrected chi connectivity index (χ2v) is 5.12. The molecule has 0 spiro atoms. The lowest BCUT2D eigenvalue weighted by Gasteiger charge is -2.20. The van der Waals surface area contributed by atoms with E-state index in [1.165, 1.54) is 12.1 Å². The Labute approximate surface area is 114 Å². The van der Waals surface area contributed by atoms with Gasteiger partial charge in [0, 0.05) is 23.1 Å². The third-order valence-corrected chi connectivity index (χ3v) is 3.76. The molecule has 0 fully saturated rings. The maximum Gasteiger partial charge on any atom is 0.189 e. The molecule has 0 saturated carbocycles. The SMILES string of the molecule is Fc1cc2c(c(CSc3ccccn3)c1)OCOC2. The summed E-state index contributed by atoms with van der Waals surface area (Å²) in [6, 6.07) is 8.71. The molecular weight excluding hydrogens is 265 g/mol. The van der Waals surface area contributed by atoms with Crippen LogP contribution in [0.25, 0.3) is 0 Å².